The zero-order valence-corrected chi connectivity index (χ0v) is 8.96. The Bertz CT molecular complexity index is 565. The van der Waals surface area contributed by atoms with Crippen molar-refractivity contribution in [3.8, 4) is 11.3 Å². The Hall–Kier alpha value is -1.40. The molecule has 0 unspecified atom stereocenters. The Morgan fingerprint density at radius 2 is 1.80 bits per heavy atom. The van der Waals surface area contributed by atoms with Crippen molar-refractivity contribution in [3.05, 3.63) is 30.3 Å². The molecule has 0 bridgehead atoms. The second-order valence-electron chi connectivity index (χ2n) is 2.78. The smallest absolute Gasteiger partial charge is 0.205 e. The highest BCUT2D eigenvalue weighted by atomic mass is 35.7. The molecule has 78 valence electrons. The first-order valence-electron chi connectivity index (χ1n) is 4.00. The van der Waals surface area contributed by atoms with Crippen LogP contribution in [0.5, 0.6) is 0 Å². The zero-order chi connectivity index (χ0) is 10.9. The van der Waals surface area contributed by atoms with Gasteiger partial charge in [-0.15, -0.1) is 5.10 Å². The minimum atomic E-state index is -3.87. The number of hydrogen-bond acceptors (Lipinski definition) is 4. The molecule has 0 fully saturated rings. The van der Waals surface area contributed by atoms with Gasteiger partial charge in [-0.1, -0.05) is 30.3 Å². The maximum atomic E-state index is 11.1. The van der Waals surface area contributed by atoms with Crippen LogP contribution in [0.25, 0.3) is 11.3 Å². The van der Waals surface area contributed by atoms with E-state index in [1.807, 2.05) is 6.07 Å². The molecule has 0 aliphatic rings. The van der Waals surface area contributed by atoms with E-state index in [0.29, 0.717) is 5.56 Å². The summed E-state index contributed by atoms with van der Waals surface area (Å²) in [5.74, 6) is 0. The van der Waals surface area contributed by atoms with Crippen molar-refractivity contribution in [2.24, 2.45) is 0 Å². The van der Waals surface area contributed by atoms with Crippen LogP contribution in [0.1, 0.15) is 0 Å². The summed E-state index contributed by atoms with van der Waals surface area (Å²) in [6.45, 7) is 0. The quantitative estimate of drug-likeness (QED) is 0.809. The van der Waals surface area contributed by atoms with Gasteiger partial charge in [0.15, 0.2) is 0 Å². The second-order valence-corrected chi connectivity index (χ2v) is 5.26. The molecule has 0 amide bonds. The number of aromatic nitrogens is 3. The molecule has 7 heteroatoms. The van der Waals surface area contributed by atoms with Gasteiger partial charge in [-0.05, 0) is 0 Å². The third-order valence-corrected chi connectivity index (χ3v) is 2.98. The van der Waals surface area contributed by atoms with Crippen LogP contribution in [0.4, 0.5) is 0 Å². The van der Waals surface area contributed by atoms with E-state index in [1.54, 1.807) is 24.3 Å². The fourth-order valence-corrected chi connectivity index (χ4v) is 2.04. The Morgan fingerprint density at radius 3 is 2.40 bits per heavy atom. The molecule has 1 aromatic carbocycles. The van der Waals surface area contributed by atoms with Crippen molar-refractivity contribution in [2.45, 2.75) is 5.03 Å². The van der Waals surface area contributed by atoms with E-state index in [9.17, 15) is 8.42 Å². The summed E-state index contributed by atoms with van der Waals surface area (Å²) in [4.78, 5) is 0. The number of aromatic amines is 1. The van der Waals surface area contributed by atoms with E-state index in [1.165, 1.54) is 0 Å². The maximum absolute atomic E-state index is 11.1. The molecule has 1 heterocycles. The summed E-state index contributed by atoms with van der Waals surface area (Å²) in [5, 5.41) is 9.25. The van der Waals surface area contributed by atoms with Crippen molar-refractivity contribution in [1.82, 2.24) is 15.4 Å². The molecule has 2 rings (SSSR count). The van der Waals surface area contributed by atoms with Crippen LogP contribution in [0.2, 0.25) is 0 Å². The fraction of sp³-hybridized carbons (Fsp3) is 0. The number of nitrogens with one attached hydrogen (secondary N) is 1. The number of halogens is 1. The Morgan fingerprint density at radius 1 is 1.13 bits per heavy atom. The van der Waals surface area contributed by atoms with E-state index in [4.69, 9.17) is 10.7 Å². The van der Waals surface area contributed by atoms with Crippen molar-refractivity contribution >= 4 is 19.7 Å². The van der Waals surface area contributed by atoms with Crippen molar-refractivity contribution in [2.75, 3.05) is 0 Å². The number of benzene rings is 1. The van der Waals surface area contributed by atoms with Crippen LogP contribution in [0.15, 0.2) is 35.4 Å². The molecule has 2 aromatic rings. The fourth-order valence-electron chi connectivity index (χ4n) is 1.18. The van der Waals surface area contributed by atoms with Gasteiger partial charge >= 0.3 is 0 Å². The molecule has 0 spiro atoms. The molecule has 1 aromatic heterocycles. The predicted octanol–water partition coefficient (Wildman–Crippen LogP) is 1.40. The van der Waals surface area contributed by atoms with Gasteiger partial charge in [0.1, 0.15) is 5.69 Å². The topological polar surface area (TPSA) is 75.7 Å². The predicted molar refractivity (Wildman–Crippen MR) is 54.9 cm³/mol. The lowest BCUT2D eigenvalue weighted by Gasteiger charge is -1.96. The Labute approximate surface area is 90.5 Å². The number of rotatable bonds is 2. The van der Waals surface area contributed by atoms with Gasteiger partial charge in [0, 0.05) is 16.2 Å². The normalized spacial score (nSPS) is 11.5. The van der Waals surface area contributed by atoms with Crippen molar-refractivity contribution in [1.29, 1.82) is 0 Å². The lowest BCUT2D eigenvalue weighted by atomic mass is 10.2. The van der Waals surface area contributed by atoms with Crippen LogP contribution in [-0.2, 0) is 9.05 Å². The first-order chi connectivity index (χ1) is 7.09. The highest BCUT2D eigenvalue weighted by Crippen LogP contribution is 2.24. The second kappa shape index (κ2) is 3.63. The SMILES string of the molecule is O=S(=O)(Cl)c1n[nH]nc1-c1ccccc1. The van der Waals surface area contributed by atoms with Gasteiger partial charge in [-0.25, -0.2) is 8.42 Å². The van der Waals surface area contributed by atoms with Crippen molar-refractivity contribution < 1.29 is 8.42 Å². The van der Waals surface area contributed by atoms with Crippen LogP contribution < -0.4 is 0 Å². The molecular formula is C8H6ClN3O2S. The molecule has 0 aliphatic heterocycles. The van der Waals surface area contributed by atoms with Gasteiger partial charge in [0.25, 0.3) is 9.05 Å². The lowest BCUT2D eigenvalue weighted by Crippen LogP contribution is -1.93. The highest BCUT2D eigenvalue weighted by molar-refractivity contribution is 8.13. The third kappa shape index (κ3) is 2.00. The monoisotopic (exact) mass is 243 g/mol. The van der Waals surface area contributed by atoms with Gasteiger partial charge < -0.3 is 0 Å². The van der Waals surface area contributed by atoms with Crippen LogP contribution in [-0.4, -0.2) is 23.8 Å². The Kier molecular flexibility index (Phi) is 2.45. The zero-order valence-electron chi connectivity index (χ0n) is 7.38. The van der Waals surface area contributed by atoms with Gasteiger partial charge in [-0.2, -0.15) is 10.3 Å². The van der Waals surface area contributed by atoms with Gasteiger partial charge in [-0.3, -0.25) is 0 Å². The summed E-state index contributed by atoms with van der Waals surface area (Å²) in [5.41, 5.74) is 0.871. The minimum absolute atomic E-state index is 0.227. The standard InChI is InChI=1S/C8H6ClN3O2S/c9-15(13,14)8-7(10-12-11-8)6-4-2-1-3-5-6/h1-5H,(H,10,11,12). The van der Waals surface area contributed by atoms with E-state index in [0.717, 1.165) is 0 Å². The third-order valence-electron chi connectivity index (χ3n) is 1.79. The van der Waals surface area contributed by atoms with Crippen molar-refractivity contribution in [3.63, 3.8) is 0 Å². The summed E-state index contributed by atoms with van der Waals surface area (Å²) in [6.07, 6.45) is 0. The first-order valence-corrected chi connectivity index (χ1v) is 6.31. The van der Waals surface area contributed by atoms with E-state index in [-0.39, 0.29) is 10.7 Å². The summed E-state index contributed by atoms with van der Waals surface area (Å²) in [7, 11) is 1.33. The number of nitrogens with zero attached hydrogens (tertiary/aromatic N) is 2. The van der Waals surface area contributed by atoms with Crippen LogP contribution in [0.3, 0.4) is 0 Å². The molecule has 0 aliphatic carbocycles. The molecule has 0 saturated carbocycles. The summed E-state index contributed by atoms with van der Waals surface area (Å²) < 4.78 is 22.3. The first kappa shape index (κ1) is 10.1. The lowest BCUT2D eigenvalue weighted by molar-refractivity contribution is 0.606. The molecule has 5 nitrogen and oxygen atoms in total. The minimum Gasteiger partial charge on any atom is -0.205 e. The van der Waals surface area contributed by atoms with Gasteiger partial charge in [0.2, 0.25) is 5.03 Å². The molecule has 1 N–H and O–H groups in total. The van der Waals surface area contributed by atoms with Crippen LogP contribution >= 0.6 is 10.7 Å². The summed E-state index contributed by atoms with van der Waals surface area (Å²) in [6, 6.07) is 8.81. The van der Waals surface area contributed by atoms with Gasteiger partial charge in [0.05, 0.1) is 0 Å². The van der Waals surface area contributed by atoms with E-state index >= 15 is 0 Å². The molecule has 0 saturated heterocycles. The number of H-pyrrole nitrogens is 1. The largest absolute Gasteiger partial charge is 0.282 e. The summed E-state index contributed by atoms with van der Waals surface area (Å²) >= 11 is 0. The molecule has 15 heavy (non-hydrogen) atoms. The molecule has 0 radical (unpaired) electrons. The molecule has 0 atom stereocenters. The maximum Gasteiger partial charge on any atom is 0.282 e. The van der Waals surface area contributed by atoms with E-state index in [2.05, 4.69) is 15.4 Å². The average molecular weight is 244 g/mol. The molecular weight excluding hydrogens is 238 g/mol. The highest BCUT2D eigenvalue weighted by Gasteiger charge is 2.21. The Balaban J connectivity index is 2.61. The van der Waals surface area contributed by atoms with E-state index < -0.39 is 9.05 Å². The average Bonchev–Trinajstić information content (AvgIpc) is 2.67. The number of hydrogen-bond donors (Lipinski definition) is 1. The van der Waals surface area contributed by atoms with Crippen LogP contribution in [0, 0.1) is 0 Å².